The van der Waals surface area contributed by atoms with E-state index in [-0.39, 0.29) is 0 Å². The van der Waals surface area contributed by atoms with Gasteiger partial charge in [0.15, 0.2) is 0 Å². The Labute approximate surface area is 287 Å². The first-order valence-electron chi connectivity index (χ1n) is 11.4. The van der Waals surface area contributed by atoms with Crippen LogP contribution in [-0.4, -0.2) is 98.2 Å². The maximum absolute atomic E-state index is 13.5. The molecule has 0 amide bonds. The topological polar surface area (TPSA) is 73.8 Å². The van der Waals surface area contributed by atoms with Crippen LogP contribution in [0.3, 0.4) is 0 Å². The van der Waals surface area contributed by atoms with Gasteiger partial charge in [-0.2, -0.15) is 123 Å². The van der Waals surface area contributed by atoms with Gasteiger partial charge in [0.1, 0.15) is 0 Å². The Morgan fingerprint density at radius 3 is 0.259 bits per heavy atom. The Bertz CT molecular complexity index is 1290. The van der Waals surface area contributed by atoms with Crippen LogP contribution in [0.15, 0.2) is 0 Å². The van der Waals surface area contributed by atoms with Gasteiger partial charge >= 0.3 is 98.2 Å². The molecule has 0 fully saturated rings. The zero-order valence-electron chi connectivity index (χ0n) is 24.1. The second-order valence-corrected chi connectivity index (χ2v) is 8.94. The molecule has 58 heavy (non-hydrogen) atoms. The van der Waals surface area contributed by atoms with E-state index in [1.165, 1.54) is 9.47 Å². The average Bonchev–Trinajstić information content (AvgIpc) is 2.81. The van der Waals surface area contributed by atoms with Gasteiger partial charge in [0.05, 0.1) is 0 Å². The average molecular weight is 966 g/mol. The third-order valence-corrected chi connectivity index (χ3v) is 4.40. The van der Waals surface area contributed by atoms with Crippen LogP contribution in [0.5, 0.6) is 0 Å². The molecule has 42 heteroatoms. The van der Waals surface area contributed by atoms with Crippen molar-refractivity contribution in [2.45, 2.75) is 98.2 Å². The Balaban J connectivity index is 6.43. The minimum absolute atomic E-state index is 0.956. The molecule has 0 N–H and O–H groups in total. The van der Waals surface area contributed by atoms with Crippen molar-refractivity contribution in [1.82, 2.24) is 0 Å². The first-order valence-corrected chi connectivity index (χ1v) is 11.4. The SMILES string of the molecule is FC(F)(F)OC(F)(F)C(F)(F)OC(F)(F)C(F)(F)OC(F)(F)C(F)(F)OC(F)(F)C(F)(F)OC(F)(F)C(F)(F)OC(F)(F)C(F)(F)OC(F)(F)C(F)(F)OC(F)(F)F. The van der Waals surface area contributed by atoms with Crippen LogP contribution in [0.25, 0.3) is 0 Å². The summed E-state index contributed by atoms with van der Waals surface area (Å²) in [7, 11) is 0. The van der Waals surface area contributed by atoms with E-state index in [0.717, 1.165) is 28.4 Å². The molecule has 0 bridgehead atoms. The number of ether oxygens (including phenoxy) is 8. The van der Waals surface area contributed by atoms with Gasteiger partial charge < -0.3 is 0 Å². The van der Waals surface area contributed by atoms with E-state index < -0.39 is 98.2 Å². The summed E-state index contributed by atoms with van der Waals surface area (Å²) in [5.74, 6) is 0. The molecular weight excluding hydrogens is 966 g/mol. The van der Waals surface area contributed by atoms with Gasteiger partial charge in [0, 0.05) is 0 Å². The maximum atomic E-state index is 13.5. The number of rotatable bonds is 21. The highest BCUT2D eigenvalue weighted by atomic mass is 19.4. The Hall–Kier alpha value is -2.70. The van der Waals surface area contributed by atoms with Gasteiger partial charge in [-0.1, -0.05) is 0 Å². The van der Waals surface area contributed by atoms with Crippen molar-refractivity contribution in [1.29, 1.82) is 0 Å². The Morgan fingerprint density at radius 1 is 0.121 bits per heavy atom. The van der Waals surface area contributed by atoms with E-state index in [0.29, 0.717) is 0 Å². The van der Waals surface area contributed by atoms with E-state index in [1.807, 2.05) is 0 Å². The predicted octanol–water partition coefficient (Wildman–Crippen LogP) is 10.5. The quantitative estimate of drug-likeness (QED) is 0.105. The third-order valence-electron chi connectivity index (χ3n) is 4.40. The maximum Gasteiger partial charge on any atom is 0.527 e. The van der Waals surface area contributed by atoms with Crippen molar-refractivity contribution in [3.8, 4) is 0 Å². The lowest BCUT2D eigenvalue weighted by molar-refractivity contribution is -0.601. The lowest BCUT2D eigenvalue weighted by atomic mass is 10.4. The van der Waals surface area contributed by atoms with Crippen molar-refractivity contribution in [3.63, 3.8) is 0 Å². The highest BCUT2D eigenvalue weighted by Crippen LogP contribution is 2.55. The van der Waals surface area contributed by atoms with E-state index in [2.05, 4.69) is 0 Å². The summed E-state index contributed by atoms with van der Waals surface area (Å²) < 4.78 is 449. The van der Waals surface area contributed by atoms with Crippen LogP contribution >= 0.6 is 0 Å². The van der Waals surface area contributed by atoms with Gasteiger partial charge in [0.2, 0.25) is 0 Å². The van der Waals surface area contributed by atoms with Crippen LogP contribution in [0.4, 0.5) is 149 Å². The van der Waals surface area contributed by atoms with Crippen LogP contribution in [-0.2, 0) is 37.9 Å². The molecule has 0 rings (SSSR count). The Kier molecular flexibility index (Phi) is 14.3. The van der Waals surface area contributed by atoms with Gasteiger partial charge in [-0.25, -0.2) is 37.9 Å². The molecule has 0 aliphatic rings. The second-order valence-electron chi connectivity index (χ2n) is 8.94. The van der Waals surface area contributed by atoms with Crippen molar-refractivity contribution >= 4 is 0 Å². The van der Waals surface area contributed by atoms with E-state index in [9.17, 15) is 149 Å². The lowest BCUT2D eigenvalue weighted by Crippen LogP contribution is -2.62. The molecule has 0 atom stereocenters. The lowest BCUT2D eigenvalue weighted by Gasteiger charge is -2.37. The molecule has 0 aromatic heterocycles. The fourth-order valence-electron chi connectivity index (χ4n) is 2.09. The second kappa shape index (κ2) is 15.0. The normalized spacial score (nSPS) is 16.7. The summed E-state index contributed by atoms with van der Waals surface area (Å²) in [5, 5.41) is 0. The van der Waals surface area contributed by atoms with Crippen LogP contribution in [0.2, 0.25) is 0 Å². The van der Waals surface area contributed by atoms with Crippen LogP contribution < -0.4 is 0 Å². The van der Waals surface area contributed by atoms with Gasteiger partial charge in [-0.05, 0) is 0 Å². The zero-order chi connectivity index (χ0) is 47.7. The molecule has 0 aliphatic carbocycles. The van der Waals surface area contributed by atoms with E-state index in [4.69, 9.17) is 0 Å². The van der Waals surface area contributed by atoms with Crippen molar-refractivity contribution in [2.75, 3.05) is 0 Å². The number of halogens is 34. The summed E-state index contributed by atoms with van der Waals surface area (Å²) in [5.41, 5.74) is 0. The number of hydrogen-bond acceptors (Lipinski definition) is 8. The molecule has 0 heterocycles. The molecule has 0 unspecified atom stereocenters. The van der Waals surface area contributed by atoms with Crippen molar-refractivity contribution in [3.05, 3.63) is 0 Å². The first kappa shape index (κ1) is 55.3. The molecule has 0 saturated carbocycles. The van der Waals surface area contributed by atoms with Gasteiger partial charge in [0.25, 0.3) is 0 Å². The summed E-state index contributed by atoms with van der Waals surface area (Å²) in [6, 6.07) is 0. The molecule has 0 aliphatic heterocycles. The van der Waals surface area contributed by atoms with Gasteiger partial charge in [-0.15, -0.1) is 26.3 Å². The molecule has 0 spiro atoms. The molecule has 8 nitrogen and oxygen atoms in total. The minimum Gasteiger partial charge on any atom is -0.241 e. The highest BCUT2D eigenvalue weighted by molar-refractivity contribution is 4.83. The minimum atomic E-state index is -8.52. The largest absolute Gasteiger partial charge is 0.527 e. The monoisotopic (exact) mass is 966 g/mol. The zero-order valence-corrected chi connectivity index (χ0v) is 24.1. The van der Waals surface area contributed by atoms with Crippen molar-refractivity contribution in [2.24, 2.45) is 0 Å². The fourth-order valence-corrected chi connectivity index (χ4v) is 2.09. The molecule has 0 radical (unpaired) electrons. The summed E-state index contributed by atoms with van der Waals surface area (Å²) >= 11 is 0. The molecule has 350 valence electrons. The standard InChI is InChI=1S/C16F34O8/c17-1(18,51-3(21,22)5(25,26)53-7(29,30)9(33,34)55-11(37,38)13(41,42)57-15(45,46)47)2(19,20)52-4(23,24)6(27,28)54-8(31,32)10(35,36)56-12(39,40)14(43,44)58-16(48,49)50. The van der Waals surface area contributed by atoms with Gasteiger partial charge in [-0.3, -0.25) is 0 Å². The predicted molar refractivity (Wildman–Crippen MR) is 90.0 cm³/mol. The highest BCUT2D eigenvalue weighted by Gasteiger charge is 2.82. The van der Waals surface area contributed by atoms with Crippen LogP contribution in [0.1, 0.15) is 0 Å². The fraction of sp³-hybridized carbons (Fsp3) is 1.00. The molecular formula is C16F34O8. The summed E-state index contributed by atoms with van der Waals surface area (Å²) in [4.78, 5) is 0. The third kappa shape index (κ3) is 12.4. The van der Waals surface area contributed by atoms with E-state index in [1.54, 1.807) is 0 Å². The van der Waals surface area contributed by atoms with E-state index >= 15 is 0 Å². The Morgan fingerprint density at radius 2 is 0.190 bits per heavy atom. The van der Waals surface area contributed by atoms with Crippen molar-refractivity contribution < 1.29 is 187 Å². The number of hydrogen-bond donors (Lipinski definition) is 0. The molecule has 0 aromatic carbocycles. The summed E-state index contributed by atoms with van der Waals surface area (Å²) in [6.07, 6.45) is -129. The summed E-state index contributed by atoms with van der Waals surface area (Å²) in [6.45, 7) is 0. The smallest absolute Gasteiger partial charge is 0.241 e. The number of alkyl halides is 34. The first-order chi connectivity index (χ1) is 24.4. The molecule has 0 aromatic rings. The van der Waals surface area contributed by atoms with Crippen LogP contribution in [0, 0.1) is 0 Å². The molecule has 0 saturated heterocycles.